The molecule has 0 saturated heterocycles. The van der Waals surface area contributed by atoms with Crippen LogP contribution in [0.5, 0.6) is 11.5 Å². The van der Waals surface area contributed by atoms with Crippen LogP contribution in [0.3, 0.4) is 0 Å². The number of amides is 3. The maximum Gasteiger partial charge on any atom is 0.272 e. The summed E-state index contributed by atoms with van der Waals surface area (Å²) in [5.74, 6) is 0.0944. The van der Waals surface area contributed by atoms with Crippen molar-refractivity contribution in [1.29, 1.82) is 0 Å². The van der Waals surface area contributed by atoms with E-state index in [9.17, 15) is 24.5 Å². The predicted octanol–water partition coefficient (Wildman–Crippen LogP) is 8.31. The first kappa shape index (κ1) is 34.1. The summed E-state index contributed by atoms with van der Waals surface area (Å²) in [5, 5.41) is 19.1. The van der Waals surface area contributed by atoms with Crippen LogP contribution in [-0.2, 0) is 9.59 Å². The van der Waals surface area contributed by atoms with Crippen molar-refractivity contribution in [1.82, 2.24) is 5.32 Å². The quantitative estimate of drug-likeness (QED) is 0.0495. The Morgan fingerprint density at radius 3 is 2.08 bits per heavy atom. The Hall–Kier alpha value is -6.20. The van der Waals surface area contributed by atoms with E-state index in [1.165, 1.54) is 42.1 Å². The monoisotopic (exact) mass is 672 g/mol. The molecule has 49 heavy (non-hydrogen) atoms. The number of anilines is 2. The van der Waals surface area contributed by atoms with Gasteiger partial charge in [0.2, 0.25) is 5.91 Å². The number of nitro groups is 1. The molecule has 5 aromatic rings. The Bertz CT molecular complexity index is 1950. The molecule has 0 aliphatic rings. The van der Waals surface area contributed by atoms with E-state index in [4.69, 9.17) is 4.74 Å². The number of nitrogens with one attached hydrogen (secondary N) is 3. The number of hydrogen-bond donors (Lipinski definition) is 3. The molecule has 0 aliphatic heterocycles. The van der Waals surface area contributed by atoms with Crippen molar-refractivity contribution in [3.8, 4) is 11.5 Å². The van der Waals surface area contributed by atoms with Gasteiger partial charge in [0.1, 0.15) is 17.2 Å². The van der Waals surface area contributed by atoms with Crippen LogP contribution >= 0.6 is 11.8 Å². The van der Waals surface area contributed by atoms with Crippen molar-refractivity contribution in [2.45, 2.75) is 23.5 Å². The molecule has 0 radical (unpaired) electrons. The van der Waals surface area contributed by atoms with Gasteiger partial charge in [0.05, 0.1) is 10.2 Å². The molecule has 0 fully saturated rings. The summed E-state index contributed by atoms with van der Waals surface area (Å²) in [4.78, 5) is 51.0. The number of nitro benzene ring substituents is 1. The fourth-order valence-corrected chi connectivity index (χ4v) is 5.60. The van der Waals surface area contributed by atoms with Crippen LogP contribution in [0.25, 0.3) is 6.08 Å². The number of nitrogens with zero attached hydrogens (tertiary/aromatic N) is 1. The van der Waals surface area contributed by atoms with Crippen molar-refractivity contribution in [3.05, 3.63) is 160 Å². The summed E-state index contributed by atoms with van der Waals surface area (Å²) in [7, 11) is 0. The minimum atomic E-state index is -0.603. The lowest BCUT2D eigenvalue weighted by atomic mass is 10.1. The fraction of sp³-hybridized carbons (Fsp3) is 0.0789. The molecule has 0 bridgehead atoms. The third-order valence-electron chi connectivity index (χ3n) is 7.08. The molecule has 246 valence electrons. The minimum absolute atomic E-state index is 0.0632. The molecular weight excluding hydrogens is 641 g/mol. The van der Waals surface area contributed by atoms with Gasteiger partial charge in [-0.15, -0.1) is 11.8 Å². The van der Waals surface area contributed by atoms with Crippen LogP contribution in [-0.4, -0.2) is 27.9 Å². The first-order chi connectivity index (χ1) is 23.8. The van der Waals surface area contributed by atoms with Gasteiger partial charge in [-0.25, -0.2) is 0 Å². The standard InChI is InChI=1S/C38H32N4O6S/c1-2-35(38(45)39-28-18-22-32(23-19-28)48-31-13-7-4-8-14-31)49-33-15-9-12-29(25-33)40-37(44)34(41-36(43)27-10-5-3-6-11-27)24-26-16-20-30(21-17-26)42(46)47/h3-25,35H,2H2,1H3,(H,39,45)(H,40,44)(H,41,43)/b34-24+. The van der Waals surface area contributed by atoms with Gasteiger partial charge in [0.15, 0.2) is 0 Å². The van der Waals surface area contributed by atoms with Gasteiger partial charge in [-0.1, -0.05) is 49.4 Å². The third kappa shape index (κ3) is 9.90. The second-order valence-electron chi connectivity index (χ2n) is 10.7. The molecular formula is C38H32N4O6S. The van der Waals surface area contributed by atoms with E-state index in [-0.39, 0.29) is 17.3 Å². The first-order valence-electron chi connectivity index (χ1n) is 15.3. The molecule has 3 amide bonds. The van der Waals surface area contributed by atoms with Crippen LogP contribution in [0.1, 0.15) is 29.3 Å². The second-order valence-corrected chi connectivity index (χ2v) is 11.9. The second kappa shape index (κ2) is 16.6. The highest BCUT2D eigenvalue weighted by molar-refractivity contribution is 8.00. The molecule has 1 unspecified atom stereocenters. The number of hydrogen-bond acceptors (Lipinski definition) is 7. The highest BCUT2D eigenvalue weighted by Gasteiger charge is 2.20. The van der Waals surface area contributed by atoms with Gasteiger partial charge in [-0.3, -0.25) is 24.5 Å². The zero-order valence-corrected chi connectivity index (χ0v) is 27.2. The van der Waals surface area contributed by atoms with Crippen molar-refractivity contribution in [2.24, 2.45) is 0 Å². The van der Waals surface area contributed by atoms with Gasteiger partial charge < -0.3 is 20.7 Å². The van der Waals surface area contributed by atoms with E-state index in [2.05, 4.69) is 16.0 Å². The topological polar surface area (TPSA) is 140 Å². The van der Waals surface area contributed by atoms with Gasteiger partial charge in [0.25, 0.3) is 17.5 Å². The van der Waals surface area contributed by atoms with Gasteiger partial charge >= 0.3 is 0 Å². The summed E-state index contributed by atoms with van der Waals surface area (Å²) < 4.78 is 5.83. The van der Waals surface area contributed by atoms with E-state index < -0.39 is 22.0 Å². The number of rotatable bonds is 13. The van der Waals surface area contributed by atoms with E-state index in [0.717, 1.165) is 4.90 Å². The van der Waals surface area contributed by atoms with Gasteiger partial charge in [0, 0.05) is 34.0 Å². The highest BCUT2D eigenvalue weighted by atomic mass is 32.2. The number of non-ortho nitro benzene ring substituents is 1. The maximum absolute atomic E-state index is 13.5. The fourth-order valence-electron chi connectivity index (χ4n) is 4.59. The number of para-hydroxylation sites is 1. The average Bonchev–Trinajstić information content (AvgIpc) is 3.12. The number of ether oxygens (including phenoxy) is 1. The zero-order valence-electron chi connectivity index (χ0n) is 26.4. The van der Waals surface area contributed by atoms with E-state index in [1.807, 2.05) is 43.3 Å². The Morgan fingerprint density at radius 1 is 0.776 bits per heavy atom. The molecule has 3 N–H and O–H groups in total. The third-order valence-corrected chi connectivity index (χ3v) is 8.44. The van der Waals surface area contributed by atoms with Crippen LogP contribution in [0.15, 0.2) is 144 Å². The van der Waals surface area contributed by atoms with Gasteiger partial charge in [-0.2, -0.15) is 0 Å². The summed E-state index contributed by atoms with van der Waals surface area (Å²) in [5.41, 5.74) is 1.74. The summed E-state index contributed by atoms with van der Waals surface area (Å²) in [6.07, 6.45) is 1.99. The smallest absolute Gasteiger partial charge is 0.272 e. The lowest BCUT2D eigenvalue weighted by molar-refractivity contribution is -0.384. The predicted molar refractivity (Wildman–Crippen MR) is 192 cm³/mol. The zero-order chi connectivity index (χ0) is 34.6. The van der Waals surface area contributed by atoms with E-state index in [0.29, 0.717) is 40.4 Å². The molecule has 10 nitrogen and oxygen atoms in total. The molecule has 11 heteroatoms. The molecule has 5 rings (SSSR count). The van der Waals surface area contributed by atoms with Crippen LogP contribution < -0.4 is 20.7 Å². The molecule has 0 spiro atoms. The summed E-state index contributed by atoms with van der Waals surface area (Å²) >= 11 is 1.36. The lowest BCUT2D eigenvalue weighted by Crippen LogP contribution is -2.30. The largest absolute Gasteiger partial charge is 0.457 e. The average molecular weight is 673 g/mol. The number of carbonyl (C=O) groups excluding carboxylic acids is 3. The number of carbonyl (C=O) groups is 3. The van der Waals surface area contributed by atoms with Crippen LogP contribution in [0.2, 0.25) is 0 Å². The van der Waals surface area contributed by atoms with Crippen LogP contribution in [0, 0.1) is 10.1 Å². The molecule has 0 heterocycles. The molecule has 1 atom stereocenters. The molecule has 5 aromatic carbocycles. The molecule has 0 aliphatic carbocycles. The summed E-state index contributed by atoms with van der Waals surface area (Å²) in [6.45, 7) is 1.92. The first-order valence-corrected chi connectivity index (χ1v) is 16.2. The Balaban J connectivity index is 1.26. The normalized spacial score (nSPS) is 11.6. The maximum atomic E-state index is 13.5. The summed E-state index contributed by atoms with van der Waals surface area (Å²) in [6, 6.07) is 37.6. The highest BCUT2D eigenvalue weighted by Crippen LogP contribution is 2.29. The van der Waals surface area contributed by atoms with Crippen molar-refractivity contribution in [3.63, 3.8) is 0 Å². The Kier molecular flexibility index (Phi) is 11.5. The molecule has 0 saturated carbocycles. The van der Waals surface area contributed by atoms with E-state index in [1.54, 1.807) is 72.8 Å². The van der Waals surface area contributed by atoms with Gasteiger partial charge in [-0.05, 0) is 96.9 Å². The number of benzene rings is 5. The number of thioether (sulfide) groups is 1. The van der Waals surface area contributed by atoms with Crippen molar-refractivity contribution < 1.29 is 24.0 Å². The minimum Gasteiger partial charge on any atom is -0.457 e. The molecule has 0 aromatic heterocycles. The Labute approximate surface area is 287 Å². The lowest BCUT2D eigenvalue weighted by Gasteiger charge is -2.16. The van der Waals surface area contributed by atoms with Crippen molar-refractivity contribution >= 4 is 52.6 Å². The van der Waals surface area contributed by atoms with Crippen molar-refractivity contribution in [2.75, 3.05) is 10.6 Å². The van der Waals surface area contributed by atoms with E-state index >= 15 is 0 Å². The Morgan fingerprint density at radius 2 is 1.43 bits per heavy atom. The van der Waals surface area contributed by atoms with Crippen LogP contribution in [0.4, 0.5) is 17.1 Å². The SMILES string of the molecule is CCC(Sc1cccc(NC(=O)/C(=C\c2ccc([N+](=O)[O-])cc2)NC(=O)c2ccccc2)c1)C(=O)Nc1ccc(Oc2ccccc2)cc1.